The molecule has 5 atom stereocenters. The van der Waals surface area contributed by atoms with Gasteiger partial charge in [0.2, 0.25) is 0 Å². The maximum absolute atomic E-state index is 5.67. The number of hydrogen-bond donors (Lipinski definition) is 0. The lowest BCUT2D eigenvalue weighted by molar-refractivity contribution is -0.150. The molecule has 0 spiro atoms. The van der Waals surface area contributed by atoms with Crippen LogP contribution in [-0.4, -0.2) is 19.0 Å². The van der Waals surface area contributed by atoms with Crippen molar-refractivity contribution in [3.8, 4) is 0 Å². The fourth-order valence-electron chi connectivity index (χ4n) is 2.06. The minimum atomic E-state index is 0.0891. The molecular formula is C9H16O2. The van der Waals surface area contributed by atoms with Gasteiger partial charge in [-0.25, -0.2) is 0 Å². The normalized spacial score (nSPS) is 56.5. The highest BCUT2D eigenvalue weighted by Crippen LogP contribution is 2.39. The van der Waals surface area contributed by atoms with Crippen molar-refractivity contribution >= 4 is 0 Å². The van der Waals surface area contributed by atoms with Gasteiger partial charge in [-0.15, -0.1) is 0 Å². The van der Waals surface area contributed by atoms with Gasteiger partial charge < -0.3 is 9.47 Å². The zero-order valence-electron chi connectivity index (χ0n) is 7.41. The molecule has 5 unspecified atom stereocenters. The van der Waals surface area contributed by atoms with Crippen molar-refractivity contribution in [2.24, 2.45) is 17.8 Å². The second-order valence-electron chi connectivity index (χ2n) is 3.95. The van der Waals surface area contributed by atoms with Gasteiger partial charge in [0.05, 0.1) is 12.7 Å². The van der Waals surface area contributed by atoms with E-state index in [2.05, 4.69) is 20.8 Å². The first kappa shape index (κ1) is 7.56. The van der Waals surface area contributed by atoms with Crippen LogP contribution < -0.4 is 0 Å². The van der Waals surface area contributed by atoms with E-state index >= 15 is 0 Å². The molecule has 0 radical (unpaired) electrons. The third-order valence-corrected chi connectivity index (χ3v) is 3.41. The molecule has 2 nitrogen and oxygen atoms in total. The van der Waals surface area contributed by atoms with Gasteiger partial charge >= 0.3 is 0 Å². The summed E-state index contributed by atoms with van der Waals surface area (Å²) in [4.78, 5) is 0. The Bertz CT molecular complexity index is 138. The van der Waals surface area contributed by atoms with Gasteiger partial charge in [0, 0.05) is 5.92 Å². The molecule has 2 aliphatic heterocycles. The molecule has 0 N–H and O–H groups in total. The molecule has 2 aliphatic rings. The fourth-order valence-corrected chi connectivity index (χ4v) is 2.06. The summed E-state index contributed by atoms with van der Waals surface area (Å²) < 4.78 is 11.2. The molecule has 2 heteroatoms. The van der Waals surface area contributed by atoms with Crippen molar-refractivity contribution in [3.63, 3.8) is 0 Å². The molecule has 0 saturated carbocycles. The standard InChI is InChI=1S/C9H16O2/c1-5-6(2)8-4-10-9(11-8)7(5)3/h5-9H,4H2,1-3H3. The second-order valence-corrected chi connectivity index (χ2v) is 3.95. The average Bonchev–Trinajstić information content (AvgIpc) is 2.44. The lowest BCUT2D eigenvalue weighted by atomic mass is 9.80. The summed E-state index contributed by atoms with van der Waals surface area (Å²) in [5.74, 6) is 1.95. The van der Waals surface area contributed by atoms with Crippen LogP contribution in [0, 0.1) is 17.8 Å². The van der Waals surface area contributed by atoms with Crippen molar-refractivity contribution in [2.45, 2.75) is 33.2 Å². The quantitative estimate of drug-likeness (QED) is 0.531. The fraction of sp³-hybridized carbons (Fsp3) is 1.00. The first-order valence-corrected chi connectivity index (χ1v) is 4.47. The number of fused-ring (bicyclic) bond motifs is 2. The van der Waals surface area contributed by atoms with E-state index in [-0.39, 0.29) is 6.29 Å². The highest BCUT2D eigenvalue weighted by molar-refractivity contribution is 4.86. The first-order chi connectivity index (χ1) is 5.20. The summed E-state index contributed by atoms with van der Waals surface area (Å²) >= 11 is 0. The van der Waals surface area contributed by atoms with Crippen LogP contribution in [0.3, 0.4) is 0 Å². The molecule has 64 valence electrons. The van der Waals surface area contributed by atoms with E-state index < -0.39 is 0 Å². The van der Waals surface area contributed by atoms with Gasteiger partial charge in [0.1, 0.15) is 0 Å². The van der Waals surface area contributed by atoms with Crippen molar-refractivity contribution in [3.05, 3.63) is 0 Å². The van der Waals surface area contributed by atoms with Gasteiger partial charge in [-0.2, -0.15) is 0 Å². The molecule has 0 aromatic heterocycles. The van der Waals surface area contributed by atoms with E-state index in [1.807, 2.05) is 0 Å². The van der Waals surface area contributed by atoms with E-state index in [4.69, 9.17) is 9.47 Å². The molecule has 0 aromatic rings. The van der Waals surface area contributed by atoms with E-state index in [0.29, 0.717) is 17.9 Å². The summed E-state index contributed by atoms with van der Waals surface area (Å²) in [6, 6.07) is 0. The highest BCUT2D eigenvalue weighted by atomic mass is 16.7. The first-order valence-electron chi connectivity index (χ1n) is 4.47. The topological polar surface area (TPSA) is 18.5 Å². The van der Waals surface area contributed by atoms with Crippen LogP contribution in [0.25, 0.3) is 0 Å². The van der Waals surface area contributed by atoms with Crippen LogP contribution in [-0.2, 0) is 9.47 Å². The van der Waals surface area contributed by atoms with Crippen LogP contribution in [0.5, 0.6) is 0 Å². The van der Waals surface area contributed by atoms with Gasteiger partial charge in [0.25, 0.3) is 0 Å². The Hall–Kier alpha value is -0.0800. The Morgan fingerprint density at radius 2 is 1.73 bits per heavy atom. The third-order valence-electron chi connectivity index (χ3n) is 3.41. The monoisotopic (exact) mass is 156 g/mol. The Morgan fingerprint density at radius 1 is 1.00 bits per heavy atom. The van der Waals surface area contributed by atoms with Crippen molar-refractivity contribution in [2.75, 3.05) is 6.61 Å². The Labute approximate surface area is 67.9 Å². The van der Waals surface area contributed by atoms with Crippen molar-refractivity contribution < 1.29 is 9.47 Å². The number of rotatable bonds is 0. The predicted molar refractivity (Wildman–Crippen MR) is 42.1 cm³/mol. The zero-order chi connectivity index (χ0) is 8.01. The second kappa shape index (κ2) is 2.46. The third kappa shape index (κ3) is 1.00. The minimum absolute atomic E-state index is 0.0891. The summed E-state index contributed by atoms with van der Waals surface area (Å²) in [5.41, 5.74) is 0. The molecule has 2 saturated heterocycles. The molecule has 11 heavy (non-hydrogen) atoms. The Balaban J connectivity index is 2.16. The van der Waals surface area contributed by atoms with E-state index in [9.17, 15) is 0 Å². The smallest absolute Gasteiger partial charge is 0.160 e. The van der Waals surface area contributed by atoms with Crippen LogP contribution in [0.4, 0.5) is 0 Å². The van der Waals surface area contributed by atoms with Crippen LogP contribution in [0.15, 0.2) is 0 Å². The van der Waals surface area contributed by atoms with Crippen LogP contribution in [0.1, 0.15) is 20.8 Å². The lowest BCUT2D eigenvalue weighted by Gasteiger charge is -2.35. The Kier molecular flexibility index (Phi) is 1.69. The van der Waals surface area contributed by atoms with Crippen molar-refractivity contribution in [1.82, 2.24) is 0 Å². The SMILES string of the molecule is CC1C2COC(O2)C(C)C1C. The molecule has 0 amide bonds. The maximum atomic E-state index is 5.67. The molecule has 2 rings (SSSR count). The molecule has 2 heterocycles. The summed E-state index contributed by atoms with van der Waals surface area (Å²) in [6.45, 7) is 7.58. The van der Waals surface area contributed by atoms with Gasteiger partial charge in [-0.1, -0.05) is 20.8 Å². The lowest BCUT2D eigenvalue weighted by Crippen LogP contribution is -2.39. The zero-order valence-corrected chi connectivity index (χ0v) is 7.41. The van der Waals surface area contributed by atoms with E-state index in [0.717, 1.165) is 12.5 Å². The largest absolute Gasteiger partial charge is 0.350 e. The van der Waals surface area contributed by atoms with E-state index in [1.54, 1.807) is 0 Å². The van der Waals surface area contributed by atoms with Crippen LogP contribution in [0.2, 0.25) is 0 Å². The van der Waals surface area contributed by atoms with Crippen LogP contribution >= 0.6 is 0 Å². The van der Waals surface area contributed by atoms with Gasteiger partial charge in [0.15, 0.2) is 6.29 Å². The van der Waals surface area contributed by atoms with Crippen molar-refractivity contribution in [1.29, 1.82) is 0 Å². The molecule has 0 aromatic carbocycles. The summed E-state index contributed by atoms with van der Waals surface area (Å²) in [5, 5.41) is 0. The average molecular weight is 156 g/mol. The molecule has 0 aliphatic carbocycles. The van der Waals surface area contributed by atoms with E-state index in [1.165, 1.54) is 0 Å². The maximum Gasteiger partial charge on any atom is 0.160 e. The number of ether oxygens (including phenoxy) is 2. The highest BCUT2D eigenvalue weighted by Gasteiger charge is 2.44. The summed E-state index contributed by atoms with van der Waals surface area (Å²) in [6.07, 6.45) is 0.456. The number of hydrogen-bond acceptors (Lipinski definition) is 2. The Morgan fingerprint density at radius 3 is 2.45 bits per heavy atom. The molecular weight excluding hydrogens is 140 g/mol. The summed E-state index contributed by atoms with van der Waals surface area (Å²) in [7, 11) is 0. The predicted octanol–water partition coefficient (Wildman–Crippen LogP) is 1.65. The van der Waals surface area contributed by atoms with Gasteiger partial charge in [-0.3, -0.25) is 0 Å². The minimum Gasteiger partial charge on any atom is -0.350 e. The molecule has 2 bridgehead atoms. The van der Waals surface area contributed by atoms with Gasteiger partial charge in [-0.05, 0) is 11.8 Å². The molecule has 2 fully saturated rings.